The summed E-state index contributed by atoms with van der Waals surface area (Å²) in [6, 6.07) is 3.25. The zero-order valence-corrected chi connectivity index (χ0v) is 10.6. The molecule has 5 heteroatoms. The maximum atomic E-state index is 5.96. The van der Waals surface area contributed by atoms with Gasteiger partial charge in [0.15, 0.2) is 5.75 Å². The molecule has 16 heavy (non-hydrogen) atoms. The van der Waals surface area contributed by atoms with Crippen molar-refractivity contribution in [3.05, 3.63) is 22.2 Å². The van der Waals surface area contributed by atoms with Gasteiger partial charge in [-0.2, -0.15) is 0 Å². The van der Waals surface area contributed by atoms with Crippen LogP contribution in [-0.4, -0.2) is 20.3 Å². The predicted molar refractivity (Wildman–Crippen MR) is 67.5 cm³/mol. The monoisotopic (exact) mass is 263 g/mol. The minimum absolute atomic E-state index is 0.441. The average molecular weight is 264 g/mol. The molecule has 0 spiro atoms. The van der Waals surface area contributed by atoms with Crippen molar-refractivity contribution in [2.45, 2.75) is 12.8 Å². The number of hydrogen-bond donors (Lipinski definition) is 1. The molecule has 1 aromatic rings. The van der Waals surface area contributed by atoms with Gasteiger partial charge in [0.2, 0.25) is 0 Å². The number of nitrogen functional groups attached to an aromatic ring is 1. The first-order valence-corrected chi connectivity index (χ1v) is 5.77. The highest BCUT2D eigenvalue weighted by molar-refractivity contribution is 6.37. The molecule has 2 N–H and O–H groups in total. The molecule has 0 aliphatic carbocycles. The minimum atomic E-state index is 0.441. The van der Waals surface area contributed by atoms with Crippen LogP contribution in [0.25, 0.3) is 0 Å². The fraction of sp³-hybridized carbons (Fsp3) is 0.455. The highest BCUT2D eigenvalue weighted by Crippen LogP contribution is 2.35. The molecule has 0 saturated carbocycles. The normalized spacial score (nSPS) is 10.4. The van der Waals surface area contributed by atoms with Gasteiger partial charge in [-0.3, -0.25) is 0 Å². The summed E-state index contributed by atoms with van der Waals surface area (Å²) in [6.07, 6.45) is 1.84. The van der Waals surface area contributed by atoms with E-state index in [0.717, 1.165) is 19.4 Å². The highest BCUT2D eigenvalue weighted by atomic mass is 35.5. The lowest BCUT2D eigenvalue weighted by molar-refractivity contribution is 0.184. The van der Waals surface area contributed by atoms with Crippen LogP contribution in [0.4, 0.5) is 5.69 Å². The SMILES string of the molecule is COCCCCOc1c(Cl)cc(N)cc1Cl. The summed E-state index contributed by atoms with van der Waals surface area (Å²) in [5.74, 6) is 0.495. The summed E-state index contributed by atoms with van der Waals surface area (Å²) in [5, 5.41) is 0.883. The summed E-state index contributed by atoms with van der Waals surface area (Å²) in [7, 11) is 1.68. The predicted octanol–water partition coefficient (Wildman–Crippen LogP) is 3.38. The molecule has 0 unspecified atom stereocenters. The summed E-state index contributed by atoms with van der Waals surface area (Å²) in [4.78, 5) is 0. The lowest BCUT2D eigenvalue weighted by Gasteiger charge is -2.10. The molecular formula is C11H15Cl2NO2. The third-order valence-corrected chi connectivity index (χ3v) is 2.57. The maximum Gasteiger partial charge on any atom is 0.156 e. The average Bonchev–Trinajstić information content (AvgIpc) is 2.20. The summed E-state index contributed by atoms with van der Waals surface area (Å²) in [6.45, 7) is 1.29. The van der Waals surface area contributed by atoms with Crippen molar-refractivity contribution in [1.29, 1.82) is 0 Å². The third-order valence-electron chi connectivity index (χ3n) is 2.01. The molecule has 3 nitrogen and oxygen atoms in total. The number of ether oxygens (including phenoxy) is 2. The number of halogens is 2. The molecule has 90 valence electrons. The van der Waals surface area contributed by atoms with Gasteiger partial charge < -0.3 is 15.2 Å². The van der Waals surface area contributed by atoms with Crippen molar-refractivity contribution in [3.8, 4) is 5.75 Å². The number of hydrogen-bond acceptors (Lipinski definition) is 3. The molecule has 1 aromatic carbocycles. The Kier molecular flexibility index (Phi) is 5.74. The van der Waals surface area contributed by atoms with E-state index in [1.54, 1.807) is 19.2 Å². The summed E-state index contributed by atoms with van der Waals surface area (Å²) >= 11 is 11.9. The van der Waals surface area contributed by atoms with Gasteiger partial charge in [0.25, 0.3) is 0 Å². The van der Waals surface area contributed by atoms with Crippen molar-refractivity contribution >= 4 is 28.9 Å². The number of unbranched alkanes of at least 4 members (excludes halogenated alkanes) is 1. The Morgan fingerprint density at radius 2 is 1.69 bits per heavy atom. The van der Waals surface area contributed by atoms with Crippen molar-refractivity contribution in [2.75, 3.05) is 26.1 Å². The van der Waals surface area contributed by atoms with Crippen molar-refractivity contribution in [3.63, 3.8) is 0 Å². The Labute approximate surface area is 105 Å². The molecule has 0 fully saturated rings. The minimum Gasteiger partial charge on any atom is -0.490 e. The van der Waals surface area contributed by atoms with E-state index in [1.807, 2.05) is 0 Å². The van der Waals surface area contributed by atoms with Gasteiger partial charge in [0.05, 0.1) is 16.7 Å². The van der Waals surface area contributed by atoms with Crippen molar-refractivity contribution in [2.24, 2.45) is 0 Å². The van der Waals surface area contributed by atoms with Crippen LogP contribution < -0.4 is 10.5 Å². The smallest absolute Gasteiger partial charge is 0.156 e. The van der Waals surface area contributed by atoms with Gasteiger partial charge in [-0.1, -0.05) is 23.2 Å². The number of nitrogens with two attached hydrogens (primary N) is 1. The maximum absolute atomic E-state index is 5.96. The second-order valence-corrected chi connectivity index (χ2v) is 4.18. The van der Waals surface area contributed by atoms with Gasteiger partial charge in [-0.25, -0.2) is 0 Å². The fourth-order valence-corrected chi connectivity index (χ4v) is 1.85. The number of methoxy groups -OCH3 is 1. The molecule has 0 atom stereocenters. The van der Waals surface area contributed by atoms with Gasteiger partial charge in [0, 0.05) is 19.4 Å². The summed E-state index contributed by atoms with van der Waals surface area (Å²) in [5.41, 5.74) is 6.11. The highest BCUT2D eigenvalue weighted by Gasteiger charge is 2.08. The molecule has 0 aromatic heterocycles. The molecule has 0 radical (unpaired) electrons. The van der Waals surface area contributed by atoms with E-state index >= 15 is 0 Å². The lowest BCUT2D eigenvalue weighted by atomic mass is 10.3. The Morgan fingerprint density at radius 3 is 2.25 bits per heavy atom. The zero-order chi connectivity index (χ0) is 12.0. The molecule has 1 rings (SSSR count). The van der Waals surface area contributed by atoms with Crippen LogP contribution in [0, 0.1) is 0 Å². The van der Waals surface area contributed by atoms with Crippen molar-refractivity contribution < 1.29 is 9.47 Å². The molecule has 0 amide bonds. The van der Waals surface area contributed by atoms with Gasteiger partial charge >= 0.3 is 0 Å². The fourth-order valence-electron chi connectivity index (χ4n) is 1.24. The molecular weight excluding hydrogens is 249 g/mol. The van der Waals surface area contributed by atoms with Crippen LogP contribution in [0.15, 0.2) is 12.1 Å². The molecule has 0 aliphatic rings. The van der Waals surface area contributed by atoms with Crippen molar-refractivity contribution in [1.82, 2.24) is 0 Å². The second-order valence-electron chi connectivity index (χ2n) is 3.36. The first-order chi connectivity index (χ1) is 7.65. The molecule has 0 bridgehead atoms. The first-order valence-electron chi connectivity index (χ1n) is 5.01. The van der Waals surface area contributed by atoms with Crippen LogP contribution in [-0.2, 0) is 4.74 Å². The van der Waals surface area contributed by atoms with E-state index in [0.29, 0.717) is 28.1 Å². The second kappa shape index (κ2) is 6.84. The standard InChI is InChI=1S/C11H15Cl2NO2/c1-15-4-2-3-5-16-11-9(12)6-8(14)7-10(11)13/h6-7H,2-5,14H2,1H3. The van der Waals surface area contributed by atoms with Crippen LogP contribution >= 0.6 is 23.2 Å². The number of benzene rings is 1. The van der Waals surface area contributed by atoms with Crippen LogP contribution in [0.2, 0.25) is 10.0 Å². The Hall–Kier alpha value is -0.640. The Bertz CT molecular complexity index is 322. The Balaban J connectivity index is 2.47. The van der Waals surface area contributed by atoms with E-state index in [4.69, 9.17) is 38.4 Å². The van der Waals surface area contributed by atoms with E-state index in [1.165, 1.54) is 0 Å². The van der Waals surface area contributed by atoms with Gasteiger partial charge in [-0.05, 0) is 25.0 Å². The summed E-state index contributed by atoms with van der Waals surface area (Å²) < 4.78 is 10.4. The largest absolute Gasteiger partial charge is 0.490 e. The van der Waals surface area contributed by atoms with E-state index in [9.17, 15) is 0 Å². The van der Waals surface area contributed by atoms with E-state index < -0.39 is 0 Å². The zero-order valence-electron chi connectivity index (χ0n) is 9.13. The lowest BCUT2D eigenvalue weighted by Crippen LogP contribution is -2.01. The third kappa shape index (κ3) is 4.08. The number of anilines is 1. The van der Waals surface area contributed by atoms with Crippen LogP contribution in [0.1, 0.15) is 12.8 Å². The van der Waals surface area contributed by atoms with Crippen LogP contribution in [0.3, 0.4) is 0 Å². The van der Waals surface area contributed by atoms with Gasteiger partial charge in [0.1, 0.15) is 0 Å². The van der Waals surface area contributed by atoms with E-state index in [2.05, 4.69) is 0 Å². The number of rotatable bonds is 6. The van der Waals surface area contributed by atoms with Gasteiger partial charge in [-0.15, -0.1) is 0 Å². The van der Waals surface area contributed by atoms with Crippen LogP contribution in [0.5, 0.6) is 5.75 Å². The Morgan fingerprint density at radius 1 is 1.12 bits per heavy atom. The topological polar surface area (TPSA) is 44.5 Å². The molecule has 0 aliphatic heterocycles. The van der Waals surface area contributed by atoms with E-state index in [-0.39, 0.29) is 0 Å². The first kappa shape index (κ1) is 13.4. The molecule has 0 saturated heterocycles. The molecule has 0 heterocycles. The quantitative estimate of drug-likeness (QED) is 0.632.